The van der Waals surface area contributed by atoms with Gasteiger partial charge in [-0.15, -0.1) is 0 Å². The van der Waals surface area contributed by atoms with Gasteiger partial charge >= 0.3 is 0 Å². The summed E-state index contributed by atoms with van der Waals surface area (Å²) in [4.78, 5) is 11.2. The second kappa shape index (κ2) is 3.73. The van der Waals surface area contributed by atoms with Crippen molar-refractivity contribution in [3.8, 4) is 0 Å². The zero-order valence-corrected chi connectivity index (χ0v) is 8.82. The summed E-state index contributed by atoms with van der Waals surface area (Å²) in [7, 11) is 1.62. The summed E-state index contributed by atoms with van der Waals surface area (Å²) in [5.74, 6) is -0.0411. The van der Waals surface area contributed by atoms with Gasteiger partial charge in [0.05, 0.1) is 11.7 Å². The van der Waals surface area contributed by atoms with Gasteiger partial charge in [-0.05, 0) is 19.1 Å². The van der Waals surface area contributed by atoms with E-state index >= 15 is 0 Å². The Kier molecular flexibility index (Phi) is 2.41. The Labute approximate surface area is 87.9 Å². The number of likely N-dealkylation sites (N-methyl/N-ethyl adjacent to an activating group) is 1. The molecule has 78 valence electrons. The molecule has 0 radical (unpaired) electrons. The zero-order valence-electron chi connectivity index (χ0n) is 8.82. The number of amides is 1. The van der Waals surface area contributed by atoms with Gasteiger partial charge in [-0.1, -0.05) is 11.6 Å². The van der Waals surface area contributed by atoms with Crippen LogP contribution >= 0.6 is 0 Å². The van der Waals surface area contributed by atoms with E-state index in [-0.39, 0.29) is 12.5 Å². The van der Waals surface area contributed by atoms with Crippen molar-refractivity contribution in [1.29, 1.82) is 0 Å². The molecule has 1 heterocycles. The van der Waals surface area contributed by atoms with Crippen molar-refractivity contribution < 1.29 is 4.79 Å². The third-order valence-electron chi connectivity index (χ3n) is 2.37. The third kappa shape index (κ3) is 1.83. The van der Waals surface area contributed by atoms with Crippen molar-refractivity contribution in [2.75, 3.05) is 7.05 Å². The Bertz CT molecular complexity index is 502. The molecule has 2 aromatic rings. The number of nitrogens with one attached hydrogen (secondary N) is 1. The molecule has 0 aliphatic rings. The van der Waals surface area contributed by atoms with Crippen molar-refractivity contribution >= 4 is 16.8 Å². The maximum Gasteiger partial charge on any atom is 0.241 e. The van der Waals surface area contributed by atoms with E-state index < -0.39 is 0 Å². The Morgan fingerprint density at radius 3 is 3.07 bits per heavy atom. The van der Waals surface area contributed by atoms with Crippen molar-refractivity contribution in [1.82, 2.24) is 15.1 Å². The highest BCUT2D eigenvalue weighted by Gasteiger charge is 2.05. The predicted octanol–water partition coefficient (Wildman–Crippen LogP) is 1.09. The number of benzene rings is 1. The number of nitrogens with zero attached hydrogens (tertiary/aromatic N) is 2. The summed E-state index contributed by atoms with van der Waals surface area (Å²) < 4.78 is 1.70. The first-order valence-electron chi connectivity index (χ1n) is 4.83. The summed E-state index contributed by atoms with van der Waals surface area (Å²) in [6, 6.07) is 6.06. The van der Waals surface area contributed by atoms with E-state index in [9.17, 15) is 4.79 Å². The minimum absolute atomic E-state index is 0.0411. The molecule has 0 aliphatic heterocycles. The summed E-state index contributed by atoms with van der Waals surface area (Å²) in [6.45, 7) is 2.30. The van der Waals surface area contributed by atoms with Crippen LogP contribution in [0.4, 0.5) is 0 Å². The SMILES string of the molecule is CNC(=O)Cn1ncc2cc(C)ccc21. The van der Waals surface area contributed by atoms with Crippen LogP contribution < -0.4 is 5.32 Å². The number of carbonyl (C=O) groups excluding carboxylic acids is 1. The molecule has 2 rings (SSSR count). The minimum Gasteiger partial charge on any atom is -0.358 e. The molecule has 1 amide bonds. The Balaban J connectivity index is 2.41. The summed E-state index contributed by atoms with van der Waals surface area (Å²) in [5.41, 5.74) is 2.19. The number of aromatic nitrogens is 2. The highest BCUT2D eigenvalue weighted by Crippen LogP contribution is 2.14. The molecule has 15 heavy (non-hydrogen) atoms. The van der Waals surface area contributed by atoms with Crippen LogP contribution in [0.2, 0.25) is 0 Å². The molecule has 0 unspecified atom stereocenters. The number of carbonyl (C=O) groups is 1. The van der Waals surface area contributed by atoms with Crippen LogP contribution in [-0.4, -0.2) is 22.7 Å². The molecule has 0 spiro atoms. The molecular weight excluding hydrogens is 190 g/mol. The van der Waals surface area contributed by atoms with Crippen molar-refractivity contribution in [3.63, 3.8) is 0 Å². The number of fused-ring (bicyclic) bond motifs is 1. The smallest absolute Gasteiger partial charge is 0.241 e. The van der Waals surface area contributed by atoms with Crippen LogP contribution in [-0.2, 0) is 11.3 Å². The van der Waals surface area contributed by atoms with E-state index in [0.717, 1.165) is 10.9 Å². The van der Waals surface area contributed by atoms with E-state index in [4.69, 9.17) is 0 Å². The Morgan fingerprint density at radius 1 is 1.53 bits per heavy atom. The highest BCUT2D eigenvalue weighted by molar-refractivity contribution is 5.82. The first-order valence-corrected chi connectivity index (χ1v) is 4.83. The molecule has 0 atom stereocenters. The van der Waals surface area contributed by atoms with Gasteiger partial charge in [-0.2, -0.15) is 5.10 Å². The molecule has 0 fully saturated rings. The summed E-state index contributed by atoms with van der Waals surface area (Å²) >= 11 is 0. The number of rotatable bonds is 2. The van der Waals surface area contributed by atoms with Crippen molar-refractivity contribution in [2.24, 2.45) is 0 Å². The normalized spacial score (nSPS) is 10.5. The third-order valence-corrected chi connectivity index (χ3v) is 2.37. The predicted molar refractivity (Wildman–Crippen MR) is 58.5 cm³/mol. The molecule has 0 saturated heterocycles. The standard InChI is InChI=1S/C11H13N3O/c1-8-3-4-10-9(5-8)6-13-14(10)7-11(15)12-2/h3-6H,7H2,1-2H3,(H,12,15). The fourth-order valence-electron chi connectivity index (χ4n) is 1.55. The lowest BCUT2D eigenvalue weighted by molar-refractivity contribution is -0.121. The number of aryl methyl sites for hydroxylation is 1. The van der Waals surface area contributed by atoms with E-state index in [2.05, 4.69) is 16.5 Å². The molecule has 1 aromatic carbocycles. The lowest BCUT2D eigenvalue weighted by Crippen LogP contribution is -2.23. The number of hydrogen-bond acceptors (Lipinski definition) is 2. The number of hydrogen-bond donors (Lipinski definition) is 1. The molecule has 4 heteroatoms. The van der Waals surface area contributed by atoms with Gasteiger partial charge in [-0.25, -0.2) is 0 Å². The van der Waals surface area contributed by atoms with Crippen LogP contribution in [0, 0.1) is 6.92 Å². The maximum absolute atomic E-state index is 11.2. The molecule has 0 bridgehead atoms. The first-order chi connectivity index (χ1) is 7.20. The average molecular weight is 203 g/mol. The lowest BCUT2D eigenvalue weighted by Gasteiger charge is -2.02. The molecular formula is C11H13N3O. The van der Waals surface area contributed by atoms with Crippen LogP contribution in [0.15, 0.2) is 24.4 Å². The van der Waals surface area contributed by atoms with E-state index in [0.29, 0.717) is 0 Å². The lowest BCUT2D eigenvalue weighted by atomic mass is 10.2. The largest absolute Gasteiger partial charge is 0.358 e. The molecule has 4 nitrogen and oxygen atoms in total. The van der Waals surface area contributed by atoms with E-state index in [1.807, 2.05) is 19.1 Å². The quantitative estimate of drug-likeness (QED) is 0.794. The van der Waals surface area contributed by atoms with Gasteiger partial charge in [0.15, 0.2) is 0 Å². The summed E-state index contributed by atoms with van der Waals surface area (Å²) in [5, 5.41) is 7.83. The first kappa shape index (κ1) is 9.71. The molecule has 1 N–H and O–H groups in total. The van der Waals surface area contributed by atoms with Crippen LogP contribution in [0.25, 0.3) is 10.9 Å². The molecule has 0 aliphatic carbocycles. The fourth-order valence-corrected chi connectivity index (χ4v) is 1.55. The minimum atomic E-state index is -0.0411. The van der Waals surface area contributed by atoms with Crippen LogP contribution in [0.5, 0.6) is 0 Å². The van der Waals surface area contributed by atoms with E-state index in [1.54, 1.807) is 17.9 Å². The zero-order chi connectivity index (χ0) is 10.8. The van der Waals surface area contributed by atoms with Crippen molar-refractivity contribution in [3.05, 3.63) is 30.0 Å². The van der Waals surface area contributed by atoms with Gasteiger partial charge < -0.3 is 5.32 Å². The second-order valence-corrected chi connectivity index (χ2v) is 3.54. The highest BCUT2D eigenvalue weighted by atomic mass is 16.1. The molecule has 1 aromatic heterocycles. The monoisotopic (exact) mass is 203 g/mol. The van der Waals surface area contributed by atoms with Gasteiger partial charge in [0.25, 0.3) is 0 Å². The van der Waals surface area contributed by atoms with Gasteiger partial charge in [0.2, 0.25) is 5.91 Å². The van der Waals surface area contributed by atoms with Crippen molar-refractivity contribution in [2.45, 2.75) is 13.5 Å². The molecule has 0 saturated carbocycles. The van der Waals surface area contributed by atoms with Crippen LogP contribution in [0.1, 0.15) is 5.56 Å². The van der Waals surface area contributed by atoms with Crippen LogP contribution in [0.3, 0.4) is 0 Å². The summed E-state index contributed by atoms with van der Waals surface area (Å²) in [6.07, 6.45) is 1.78. The van der Waals surface area contributed by atoms with Gasteiger partial charge in [0, 0.05) is 12.4 Å². The second-order valence-electron chi connectivity index (χ2n) is 3.54. The maximum atomic E-state index is 11.2. The Hall–Kier alpha value is -1.84. The van der Waals surface area contributed by atoms with Gasteiger partial charge in [-0.3, -0.25) is 9.48 Å². The topological polar surface area (TPSA) is 46.9 Å². The fraction of sp³-hybridized carbons (Fsp3) is 0.273. The average Bonchev–Trinajstić information content (AvgIpc) is 2.60. The van der Waals surface area contributed by atoms with Gasteiger partial charge in [0.1, 0.15) is 6.54 Å². The van der Waals surface area contributed by atoms with E-state index in [1.165, 1.54) is 5.56 Å². The Morgan fingerprint density at radius 2 is 2.33 bits per heavy atom.